The number of aromatic amines is 1. The van der Waals surface area contributed by atoms with Crippen molar-refractivity contribution in [2.45, 2.75) is 32.1 Å². The Hall–Kier alpha value is -3.81. The Morgan fingerprint density at radius 2 is 1.76 bits per heavy atom. The first-order valence-electron chi connectivity index (χ1n) is 13.1. The highest BCUT2D eigenvalue weighted by Crippen LogP contribution is 2.38. The SMILES string of the molecule is CNC(=O)C12CCCCN(C(=O)c3cccc4cc[nH]c34)CCOc3ccccc3C(=O)N(CC1)CC2. The Labute approximate surface area is 217 Å². The highest BCUT2D eigenvalue weighted by Gasteiger charge is 2.41. The molecule has 2 aromatic carbocycles. The lowest BCUT2D eigenvalue weighted by molar-refractivity contribution is -0.133. The van der Waals surface area contributed by atoms with Crippen molar-refractivity contribution >= 4 is 28.6 Å². The summed E-state index contributed by atoms with van der Waals surface area (Å²) in [6, 6.07) is 14.9. The molecule has 6 rings (SSSR count). The van der Waals surface area contributed by atoms with Gasteiger partial charge in [-0.3, -0.25) is 14.4 Å². The van der Waals surface area contributed by atoms with Crippen molar-refractivity contribution < 1.29 is 19.1 Å². The number of nitrogens with zero attached hydrogens (tertiary/aromatic N) is 2. The maximum atomic E-state index is 13.7. The molecule has 4 heterocycles. The third-order valence-electron chi connectivity index (χ3n) is 7.89. The van der Waals surface area contributed by atoms with E-state index in [9.17, 15) is 14.4 Å². The summed E-state index contributed by atoms with van der Waals surface area (Å²) in [4.78, 5) is 46.9. The molecule has 0 aliphatic carbocycles. The van der Waals surface area contributed by atoms with Crippen molar-refractivity contribution in [2.24, 2.45) is 5.41 Å². The Morgan fingerprint density at radius 3 is 2.57 bits per heavy atom. The third kappa shape index (κ3) is 4.92. The molecular formula is C29H34N4O4. The zero-order valence-corrected chi connectivity index (χ0v) is 21.3. The van der Waals surface area contributed by atoms with Gasteiger partial charge in [-0.05, 0) is 49.9 Å². The number of piperidine rings is 1. The van der Waals surface area contributed by atoms with E-state index in [1.165, 1.54) is 0 Å². The van der Waals surface area contributed by atoms with Crippen LogP contribution >= 0.6 is 0 Å². The van der Waals surface area contributed by atoms with Crippen LogP contribution in [0.25, 0.3) is 10.9 Å². The van der Waals surface area contributed by atoms with Gasteiger partial charge in [-0.1, -0.05) is 30.7 Å². The molecule has 0 unspecified atom stereocenters. The van der Waals surface area contributed by atoms with Crippen molar-refractivity contribution in [1.29, 1.82) is 0 Å². The number of hydrogen-bond donors (Lipinski definition) is 2. The quantitative estimate of drug-likeness (QED) is 0.557. The van der Waals surface area contributed by atoms with E-state index in [1.807, 2.05) is 52.4 Å². The molecule has 0 radical (unpaired) electrons. The molecule has 1 saturated heterocycles. The number of benzene rings is 2. The number of carbonyl (C=O) groups is 3. The van der Waals surface area contributed by atoms with E-state index in [1.54, 1.807) is 19.2 Å². The zero-order chi connectivity index (χ0) is 25.8. The second kappa shape index (κ2) is 10.7. The summed E-state index contributed by atoms with van der Waals surface area (Å²) in [6.45, 7) is 2.30. The number of H-pyrrole nitrogens is 1. The van der Waals surface area contributed by atoms with E-state index in [2.05, 4.69) is 10.3 Å². The molecule has 37 heavy (non-hydrogen) atoms. The minimum atomic E-state index is -0.494. The van der Waals surface area contributed by atoms with Crippen LogP contribution in [0.2, 0.25) is 0 Å². The maximum Gasteiger partial charge on any atom is 0.257 e. The van der Waals surface area contributed by atoms with Crippen molar-refractivity contribution in [1.82, 2.24) is 20.1 Å². The van der Waals surface area contributed by atoms with E-state index < -0.39 is 5.41 Å². The topological polar surface area (TPSA) is 94.7 Å². The second-order valence-corrected chi connectivity index (χ2v) is 9.99. The van der Waals surface area contributed by atoms with E-state index in [-0.39, 0.29) is 24.3 Å². The molecule has 0 atom stereocenters. The van der Waals surface area contributed by atoms with Crippen LogP contribution in [0.3, 0.4) is 0 Å². The van der Waals surface area contributed by atoms with Gasteiger partial charge < -0.3 is 24.8 Å². The molecule has 3 aromatic rings. The predicted molar refractivity (Wildman–Crippen MR) is 142 cm³/mol. The van der Waals surface area contributed by atoms with Gasteiger partial charge in [0, 0.05) is 38.3 Å². The smallest absolute Gasteiger partial charge is 0.257 e. The van der Waals surface area contributed by atoms with E-state index >= 15 is 0 Å². The number of amides is 3. The summed E-state index contributed by atoms with van der Waals surface area (Å²) >= 11 is 0. The molecule has 1 aromatic heterocycles. The Morgan fingerprint density at radius 1 is 0.946 bits per heavy atom. The first-order valence-corrected chi connectivity index (χ1v) is 13.1. The van der Waals surface area contributed by atoms with Crippen LogP contribution in [0.1, 0.15) is 52.8 Å². The fourth-order valence-electron chi connectivity index (χ4n) is 5.71. The first-order chi connectivity index (χ1) is 18.0. The number of fused-ring (bicyclic) bond motifs is 10. The summed E-state index contributed by atoms with van der Waals surface area (Å²) in [6.07, 6.45) is 5.42. The van der Waals surface area contributed by atoms with Crippen molar-refractivity contribution in [2.75, 3.05) is 39.8 Å². The molecule has 3 amide bonds. The Bertz CT molecular complexity index is 1290. The number of para-hydroxylation sites is 2. The van der Waals surface area contributed by atoms with Gasteiger partial charge in [0.2, 0.25) is 5.91 Å². The molecule has 2 N–H and O–H groups in total. The first kappa shape index (κ1) is 24.9. The number of carbonyl (C=O) groups excluding carboxylic acids is 3. The van der Waals surface area contributed by atoms with Crippen LogP contribution in [0, 0.1) is 5.41 Å². The zero-order valence-electron chi connectivity index (χ0n) is 21.3. The number of ether oxygens (including phenoxy) is 1. The number of nitrogens with one attached hydrogen (secondary N) is 2. The fourth-order valence-corrected chi connectivity index (χ4v) is 5.71. The van der Waals surface area contributed by atoms with Gasteiger partial charge in [-0.2, -0.15) is 0 Å². The number of rotatable bonds is 2. The third-order valence-corrected chi connectivity index (χ3v) is 7.89. The summed E-state index contributed by atoms with van der Waals surface area (Å²) in [5.41, 5.74) is 1.47. The maximum absolute atomic E-state index is 13.7. The van der Waals surface area contributed by atoms with E-state index in [0.29, 0.717) is 55.9 Å². The molecule has 194 valence electrons. The highest BCUT2D eigenvalue weighted by molar-refractivity contribution is 6.05. The van der Waals surface area contributed by atoms with Crippen LogP contribution < -0.4 is 10.1 Å². The molecule has 2 bridgehead atoms. The van der Waals surface area contributed by atoms with Gasteiger partial charge in [-0.15, -0.1) is 0 Å². The molecule has 8 nitrogen and oxygen atoms in total. The molecular weight excluding hydrogens is 468 g/mol. The predicted octanol–water partition coefficient (Wildman–Crippen LogP) is 3.84. The molecule has 1 fully saturated rings. The minimum Gasteiger partial charge on any atom is -0.491 e. The average Bonchev–Trinajstić information content (AvgIpc) is 3.42. The summed E-state index contributed by atoms with van der Waals surface area (Å²) < 4.78 is 6.09. The molecule has 8 heteroatoms. The van der Waals surface area contributed by atoms with Gasteiger partial charge in [0.25, 0.3) is 11.8 Å². The molecule has 3 aliphatic heterocycles. The van der Waals surface area contributed by atoms with Crippen molar-refractivity contribution in [3.63, 3.8) is 0 Å². The summed E-state index contributed by atoms with van der Waals surface area (Å²) in [7, 11) is 1.68. The summed E-state index contributed by atoms with van der Waals surface area (Å²) in [5.74, 6) is 0.420. The Kier molecular flexibility index (Phi) is 7.17. The van der Waals surface area contributed by atoms with Crippen LogP contribution in [0.4, 0.5) is 0 Å². The molecule has 0 spiro atoms. The average molecular weight is 503 g/mol. The lowest BCUT2D eigenvalue weighted by atomic mass is 9.73. The van der Waals surface area contributed by atoms with Gasteiger partial charge in [-0.25, -0.2) is 0 Å². The number of hydrogen-bond acceptors (Lipinski definition) is 4. The standard InChI is InChI=1S/C29H34N4O4/c1-30-28(36)29-12-4-5-16-32(27(35)23-9-6-7-21-11-15-31-25(21)23)19-20-37-24-10-3-2-8-22(24)26(34)33(17-13-29)18-14-29/h2-3,6-11,15,31H,4-5,12-14,16-20H2,1H3,(H,30,36). The molecule has 0 saturated carbocycles. The van der Waals surface area contributed by atoms with Crippen LogP contribution in [0.15, 0.2) is 54.7 Å². The monoisotopic (exact) mass is 502 g/mol. The van der Waals surface area contributed by atoms with Gasteiger partial charge in [0.1, 0.15) is 12.4 Å². The normalized spacial score (nSPS) is 18.5. The van der Waals surface area contributed by atoms with E-state index in [4.69, 9.17) is 4.74 Å². The van der Waals surface area contributed by atoms with Crippen LogP contribution in [0.5, 0.6) is 5.75 Å². The van der Waals surface area contributed by atoms with Gasteiger partial charge in [0.15, 0.2) is 0 Å². The fraction of sp³-hybridized carbons (Fsp3) is 0.414. The van der Waals surface area contributed by atoms with Crippen molar-refractivity contribution in [3.05, 3.63) is 65.9 Å². The molecule has 3 aliphatic rings. The Balaban J connectivity index is 1.43. The van der Waals surface area contributed by atoms with Crippen LogP contribution in [-0.2, 0) is 4.79 Å². The van der Waals surface area contributed by atoms with Gasteiger partial charge in [0.05, 0.1) is 28.6 Å². The van der Waals surface area contributed by atoms with Crippen molar-refractivity contribution in [3.8, 4) is 5.75 Å². The lowest BCUT2D eigenvalue weighted by Crippen LogP contribution is -2.49. The highest BCUT2D eigenvalue weighted by atomic mass is 16.5. The van der Waals surface area contributed by atoms with Gasteiger partial charge >= 0.3 is 0 Å². The van der Waals surface area contributed by atoms with Crippen LogP contribution in [-0.4, -0.2) is 72.3 Å². The summed E-state index contributed by atoms with van der Waals surface area (Å²) in [5, 5.41) is 3.85. The minimum absolute atomic E-state index is 0.0407. The number of aromatic nitrogens is 1. The van der Waals surface area contributed by atoms with E-state index in [0.717, 1.165) is 30.2 Å². The largest absolute Gasteiger partial charge is 0.491 e. The lowest BCUT2D eigenvalue weighted by Gasteiger charge is -2.40. The second-order valence-electron chi connectivity index (χ2n) is 9.99.